The van der Waals surface area contributed by atoms with E-state index in [2.05, 4.69) is 4.84 Å². The first-order valence-corrected chi connectivity index (χ1v) is 8.91. The molecule has 2 aromatic carbocycles. The Hall–Kier alpha value is -2.73. The van der Waals surface area contributed by atoms with Gasteiger partial charge in [-0.2, -0.15) is 26.3 Å². The average Bonchev–Trinajstić information content (AvgIpc) is 2.71. The number of hydrogen-bond donors (Lipinski definition) is 1. The number of halogens is 8. The molecule has 2 aromatic rings. The van der Waals surface area contributed by atoms with Gasteiger partial charge in [0.2, 0.25) is 0 Å². The van der Waals surface area contributed by atoms with Gasteiger partial charge in [-0.1, -0.05) is 31.2 Å². The quantitative estimate of drug-likeness (QED) is 0.486. The lowest BCUT2D eigenvalue weighted by atomic mass is 9.89. The van der Waals surface area contributed by atoms with Crippen LogP contribution < -0.4 is 0 Å². The molecule has 0 heterocycles. The van der Waals surface area contributed by atoms with Gasteiger partial charge >= 0.3 is 12.4 Å². The van der Waals surface area contributed by atoms with Crippen LogP contribution in [0.3, 0.4) is 0 Å². The van der Waals surface area contributed by atoms with E-state index in [1.54, 1.807) is 0 Å². The summed E-state index contributed by atoms with van der Waals surface area (Å²) >= 11 is 0. The van der Waals surface area contributed by atoms with Gasteiger partial charge in [0.05, 0.1) is 12.7 Å². The molecule has 0 spiro atoms. The van der Waals surface area contributed by atoms with Crippen LogP contribution >= 0.6 is 0 Å². The van der Waals surface area contributed by atoms with Crippen molar-refractivity contribution in [1.29, 1.82) is 0 Å². The molecule has 0 saturated heterocycles. The van der Waals surface area contributed by atoms with Crippen LogP contribution in [-0.2, 0) is 16.9 Å². The van der Waals surface area contributed by atoms with Crippen molar-refractivity contribution < 1.29 is 49.9 Å². The molecule has 0 aliphatic rings. The molecular formula is C20H17F8NO3. The first-order valence-electron chi connectivity index (χ1n) is 8.91. The molecule has 2 rings (SSSR count). The van der Waals surface area contributed by atoms with Gasteiger partial charge in [-0.25, -0.2) is 13.8 Å². The lowest BCUT2D eigenvalue weighted by Crippen LogP contribution is -2.53. The molecule has 0 aliphatic heterocycles. The van der Waals surface area contributed by atoms with Gasteiger partial charge in [0.15, 0.2) is 0 Å². The highest BCUT2D eigenvalue weighted by atomic mass is 19.4. The maximum Gasteiger partial charge on any atom is 0.430 e. The Labute approximate surface area is 177 Å². The molecule has 0 bridgehead atoms. The minimum Gasteiger partial charge on any atom is -0.369 e. The molecule has 0 unspecified atom stereocenters. The lowest BCUT2D eigenvalue weighted by Gasteiger charge is -2.32. The maximum absolute atomic E-state index is 14.9. The molecule has 0 radical (unpaired) electrons. The number of rotatable bonds is 5. The van der Waals surface area contributed by atoms with Crippen molar-refractivity contribution in [3.8, 4) is 11.1 Å². The molecule has 1 N–H and O–H groups in total. The van der Waals surface area contributed by atoms with Gasteiger partial charge in [-0.3, -0.25) is 9.63 Å². The number of benzene rings is 2. The highest BCUT2D eigenvalue weighted by Gasteiger charge is 2.71. The Morgan fingerprint density at radius 2 is 1.53 bits per heavy atom. The van der Waals surface area contributed by atoms with E-state index in [0.29, 0.717) is 35.4 Å². The minimum absolute atomic E-state index is 0.160. The third kappa shape index (κ3) is 4.16. The number of nitrogens with zero attached hydrogens (tertiary/aromatic N) is 1. The van der Waals surface area contributed by atoms with Crippen LogP contribution in [0.25, 0.3) is 11.1 Å². The third-order valence-electron chi connectivity index (χ3n) is 4.87. The van der Waals surface area contributed by atoms with Crippen LogP contribution in [0.15, 0.2) is 30.3 Å². The SMILES string of the molecule is CCc1c(F)c(C(=O)N(C)OC)cc(F)c1-c1ccc(C(O)(C(F)(F)F)C(F)(F)F)cc1. The summed E-state index contributed by atoms with van der Waals surface area (Å²) in [5, 5.41) is 10.1. The van der Waals surface area contributed by atoms with Crippen molar-refractivity contribution in [1.82, 2.24) is 5.06 Å². The zero-order valence-electron chi connectivity index (χ0n) is 16.8. The van der Waals surface area contributed by atoms with Crippen LogP contribution in [0.4, 0.5) is 35.1 Å². The Morgan fingerprint density at radius 1 is 1.03 bits per heavy atom. The Morgan fingerprint density at radius 3 is 1.94 bits per heavy atom. The van der Waals surface area contributed by atoms with E-state index in [0.717, 1.165) is 14.2 Å². The van der Waals surface area contributed by atoms with Gasteiger partial charge < -0.3 is 5.11 Å². The van der Waals surface area contributed by atoms with Gasteiger partial charge in [0.25, 0.3) is 11.5 Å². The van der Waals surface area contributed by atoms with Crippen molar-refractivity contribution >= 4 is 5.91 Å². The first-order chi connectivity index (χ1) is 14.6. The third-order valence-corrected chi connectivity index (χ3v) is 4.87. The van der Waals surface area contributed by atoms with Crippen LogP contribution in [0, 0.1) is 11.6 Å². The van der Waals surface area contributed by atoms with Gasteiger partial charge in [0, 0.05) is 18.2 Å². The summed E-state index contributed by atoms with van der Waals surface area (Å²) in [5.41, 5.74) is -8.41. The fraction of sp³-hybridized carbons (Fsp3) is 0.350. The molecule has 1 amide bonds. The molecule has 12 heteroatoms. The number of aliphatic hydroxyl groups is 1. The topological polar surface area (TPSA) is 49.8 Å². The molecule has 0 saturated carbocycles. The van der Waals surface area contributed by atoms with E-state index in [1.165, 1.54) is 6.92 Å². The number of hydroxylamine groups is 2. The highest BCUT2D eigenvalue weighted by Crippen LogP contribution is 2.50. The predicted octanol–water partition coefficient (Wildman–Crippen LogP) is 5.14. The maximum atomic E-state index is 14.9. The number of alkyl halides is 6. The molecular weight excluding hydrogens is 454 g/mol. The zero-order valence-corrected chi connectivity index (χ0v) is 16.8. The summed E-state index contributed by atoms with van der Waals surface area (Å²) in [7, 11) is 2.27. The van der Waals surface area contributed by atoms with Crippen LogP contribution in [-0.4, -0.2) is 42.6 Å². The molecule has 176 valence electrons. The van der Waals surface area contributed by atoms with E-state index in [-0.39, 0.29) is 17.5 Å². The normalized spacial score (nSPS) is 12.8. The number of hydrogen-bond acceptors (Lipinski definition) is 3. The summed E-state index contributed by atoms with van der Waals surface area (Å²) in [4.78, 5) is 16.8. The smallest absolute Gasteiger partial charge is 0.369 e. The van der Waals surface area contributed by atoms with Crippen molar-refractivity contribution in [2.24, 2.45) is 0 Å². The van der Waals surface area contributed by atoms with Crippen LogP contribution in [0.2, 0.25) is 0 Å². The Kier molecular flexibility index (Phi) is 6.91. The second-order valence-corrected chi connectivity index (χ2v) is 6.70. The largest absolute Gasteiger partial charge is 0.430 e. The van der Waals surface area contributed by atoms with Crippen LogP contribution in [0.1, 0.15) is 28.4 Å². The van der Waals surface area contributed by atoms with Crippen molar-refractivity contribution in [2.75, 3.05) is 14.2 Å². The predicted molar refractivity (Wildman–Crippen MR) is 96.3 cm³/mol. The van der Waals surface area contributed by atoms with E-state index in [9.17, 15) is 45.0 Å². The second kappa shape index (κ2) is 8.66. The summed E-state index contributed by atoms with van der Waals surface area (Å²) in [5.74, 6) is -3.27. The first kappa shape index (κ1) is 25.5. The summed E-state index contributed by atoms with van der Waals surface area (Å²) in [6.07, 6.45) is -12.3. The van der Waals surface area contributed by atoms with Gasteiger partial charge in [-0.05, 0) is 23.6 Å². The fourth-order valence-corrected chi connectivity index (χ4v) is 3.10. The van der Waals surface area contributed by atoms with Gasteiger partial charge in [-0.15, -0.1) is 0 Å². The zero-order chi connectivity index (χ0) is 24.6. The van der Waals surface area contributed by atoms with E-state index < -0.39 is 52.2 Å². The van der Waals surface area contributed by atoms with Crippen molar-refractivity contribution in [3.63, 3.8) is 0 Å². The molecule has 4 nitrogen and oxygen atoms in total. The summed E-state index contributed by atoms with van der Waals surface area (Å²) in [6, 6.07) is 2.59. The van der Waals surface area contributed by atoms with Crippen molar-refractivity contribution in [2.45, 2.75) is 31.3 Å². The highest BCUT2D eigenvalue weighted by molar-refractivity contribution is 5.95. The van der Waals surface area contributed by atoms with E-state index >= 15 is 0 Å². The number of carbonyl (C=O) groups excluding carboxylic acids is 1. The lowest BCUT2D eigenvalue weighted by molar-refractivity contribution is -0.376. The molecule has 0 aromatic heterocycles. The molecule has 32 heavy (non-hydrogen) atoms. The molecule has 0 aliphatic carbocycles. The molecule has 0 atom stereocenters. The Bertz CT molecular complexity index is 986. The van der Waals surface area contributed by atoms with Crippen LogP contribution in [0.5, 0.6) is 0 Å². The second-order valence-electron chi connectivity index (χ2n) is 6.70. The summed E-state index contributed by atoms with van der Waals surface area (Å²) in [6.45, 7) is 1.41. The van der Waals surface area contributed by atoms with Gasteiger partial charge in [0.1, 0.15) is 11.6 Å². The minimum atomic E-state index is -6.09. The van der Waals surface area contributed by atoms with Crippen molar-refractivity contribution in [3.05, 3.63) is 58.7 Å². The summed E-state index contributed by atoms with van der Waals surface area (Å²) < 4.78 is 108. The monoisotopic (exact) mass is 471 g/mol. The Balaban J connectivity index is 2.66. The average molecular weight is 471 g/mol. The van der Waals surface area contributed by atoms with E-state index in [4.69, 9.17) is 0 Å². The standard InChI is InChI=1S/C20H17F8NO3/c1-4-12-15(14(21)9-13(16(12)22)17(30)29(2)32-3)10-5-7-11(8-6-10)18(31,19(23,24)25)20(26,27)28/h5-9,31H,4H2,1-3H3. The number of amides is 1. The number of carbonyl (C=O) groups is 1. The van der Waals surface area contributed by atoms with E-state index in [1.807, 2.05) is 0 Å². The molecule has 0 fully saturated rings. The fourth-order valence-electron chi connectivity index (χ4n) is 3.10.